The fourth-order valence-electron chi connectivity index (χ4n) is 12.7. The van der Waals surface area contributed by atoms with E-state index >= 15 is 0 Å². The van der Waals surface area contributed by atoms with Gasteiger partial charge in [0, 0.05) is 54.4 Å². The molecule has 3 aliphatic heterocycles. The number of likely N-dealkylation sites (tertiary alicyclic amines) is 1. The topological polar surface area (TPSA) is 123 Å². The first-order chi connectivity index (χ1) is 21.7. The zero-order valence-electron chi connectivity index (χ0n) is 28.0. The molecule has 3 saturated carbocycles. The van der Waals surface area contributed by atoms with Crippen LogP contribution in [0.25, 0.3) is 0 Å². The van der Waals surface area contributed by atoms with Crippen molar-refractivity contribution in [2.75, 3.05) is 19.6 Å². The molecule has 8 rings (SSSR count). The Hall–Kier alpha value is -2.23. The highest BCUT2D eigenvalue weighted by molar-refractivity contribution is 5.84. The van der Waals surface area contributed by atoms with Crippen molar-refractivity contribution < 1.29 is 38.8 Å². The standard InChI is InChI=1S/C37H51NO8/c1-20-9-10-24-26(20)29-27(25(44-21(2)39)17-34(24,4)42)37(32(41)46-29)19-36-14-13-33(37,3)30(36)28-22(11-12-35(36,5)43)23(31(40)45-28)18-38-15-7-6-8-16-38/h9,13-14,22-30,42-43H,6-8,10-12,15-19H2,1-5H3/t22-,23-,24+,25-,26-,27-,28-,29+,30-,33+,34+,35+,36-,37-/m0/s1. The van der Waals surface area contributed by atoms with Crippen molar-refractivity contribution in [3.8, 4) is 0 Å². The van der Waals surface area contributed by atoms with E-state index in [4.69, 9.17) is 14.2 Å². The van der Waals surface area contributed by atoms with Gasteiger partial charge in [-0.25, -0.2) is 0 Å². The van der Waals surface area contributed by atoms with E-state index in [9.17, 15) is 24.6 Å². The van der Waals surface area contributed by atoms with Crippen molar-refractivity contribution in [1.29, 1.82) is 0 Å². The highest BCUT2D eigenvalue weighted by Gasteiger charge is 2.85. The Labute approximate surface area is 272 Å². The molecular weight excluding hydrogens is 586 g/mol. The van der Waals surface area contributed by atoms with Crippen LogP contribution in [-0.2, 0) is 28.6 Å². The molecule has 252 valence electrons. The summed E-state index contributed by atoms with van der Waals surface area (Å²) in [7, 11) is 0. The van der Waals surface area contributed by atoms with E-state index < -0.39 is 57.6 Å². The van der Waals surface area contributed by atoms with Crippen molar-refractivity contribution in [2.24, 2.45) is 51.8 Å². The molecule has 0 amide bonds. The Morgan fingerprint density at radius 1 is 1.07 bits per heavy atom. The highest BCUT2D eigenvalue weighted by atomic mass is 16.6. The monoisotopic (exact) mass is 637 g/mol. The number of nitrogens with zero attached hydrogens (tertiary/aromatic N) is 1. The smallest absolute Gasteiger partial charge is 0.313 e. The molecule has 0 unspecified atom stereocenters. The predicted molar refractivity (Wildman–Crippen MR) is 167 cm³/mol. The number of rotatable bonds is 3. The molecule has 8 aliphatic rings. The maximum absolute atomic E-state index is 14.8. The molecule has 2 bridgehead atoms. The summed E-state index contributed by atoms with van der Waals surface area (Å²) in [5.41, 5.74) is -4.06. The molecule has 0 radical (unpaired) electrons. The van der Waals surface area contributed by atoms with Crippen LogP contribution >= 0.6 is 0 Å². The van der Waals surface area contributed by atoms with Gasteiger partial charge in [-0.15, -0.1) is 0 Å². The van der Waals surface area contributed by atoms with E-state index in [-0.39, 0.29) is 47.9 Å². The molecular formula is C37H51NO8. The first kappa shape index (κ1) is 31.1. The third-order valence-electron chi connectivity index (χ3n) is 14.8. The zero-order valence-corrected chi connectivity index (χ0v) is 28.0. The Kier molecular flexibility index (Phi) is 6.69. The van der Waals surface area contributed by atoms with Gasteiger partial charge in [0.15, 0.2) is 0 Å². The van der Waals surface area contributed by atoms with Crippen molar-refractivity contribution >= 4 is 17.9 Å². The molecule has 2 N–H and O–H groups in total. The van der Waals surface area contributed by atoms with Gasteiger partial charge in [-0.2, -0.15) is 0 Å². The molecule has 1 spiro atoms. The molecule has 5 aliphatic carbocycles. The molecule has 46 heavy (non-hydrogen) atoms. The van der Waals surface area contributed by atoms with Crippen LogP contribution in [0.5, 0.6) is 0 Å². The summed E-state index contributed by atoms with van der Waals surface area (Å²) < 4.78 is 19.1. The molecule has 9 nitrogen and oxygen atoms in total. The van der Waals surface area contributed by atoms with E-state index in [1.54, 1.807) is 0 Å². The maximum Gasteiger partial charge on any atom is 0.313 e. The Balaban J connectivity index is 1.26. The van der Waals surface area contributed by atoms with Gasteiger partial charge < -0.3 is 29.3 Å². The van der Waals surface area contributed by atoms with E-state index in [1.807, 2.05) is 20.8 Å². The lowest BCUT2D eigenvalue weighted by Gasteiger charge is -2.46. The second-order valence-electron chi connectivity index (χ2n) is 17.0. The van der Waals surface area contributed by atoms with Crippen molar-refractivity contribution in [1.82, 2.24) is 4.90 Å². The van der Waals surface area contributed by atoms with Crippen LogP contribution in [0.1, 0.15) is 86.0 Å². The number of ether oxygens (including phenoxy) is 3. The fraction of sp³-hybridized carbons (Fsp3) is 0.811. The number of hydrogen-bond acceptors (Lipinski definition) is 9. The normalized spacial score (nSPS) is 53.9. The van der Waals surface area contributed by atoms with E-state index in [0.29, 0.717) is 32.2 Å². The lowest BCUT2D eigenvalue weighted by molar-refractivity contribution is -0.165. The van der Waals surface area contributed by atoms with Crippen LogP contribution in [0.3, 0.4) is 0 Å². The summed E-state index contributed by atoms with van der Waals surface area (Å²) in [6, 6.07) is 0. The largest absolute Gasteiger partial charge is 0.462 e. The number of esters is 3. The molecule has 3 heterocycles. The third kappa shape index (κ3) is 3.82. The van der Waals surface area contributed by atoms with Gasteiger partial charge >= 0.3 is 17.9 Å². The molecule has 3 saturated heterocycles. The number of allylic oxidation sites excluding steroid dienone is 2. The SMILES string of the molecule is CC(=O)O[C@H]1C[C@@](C)(O)[C@@H]2CC=C(C)[C@@H]2[C@H]2OC(=O)[C@]3(C[C@@]45C=C[C@]3(C)[C@@H]4[C@H]3OC(=O)[C@@H](CN4CCCCC4)[C@@H]3CC[C@@]5(C)O)[C@H]21. The van der Waals surface area contributed by atoms with Crippen LogP contribution < -0.4 is 0 Å². The summed E-state index contributed by atoms with van der Waals surface area (Å²) in [5, 5.41) is 24.5. The Morgan fingerprint density at radius 3 is 2.52 bits per heavy atom. The molecule has 6 fully saturated rings. The number of piperidine rings is 1. The molecule has 9 heteroatoms. The number of carbonyl (C=O) groups excluding carboxylic acids is 3. The van der Waals surface area contributed by atoms with Crippen LogP contribution in [0.15, 0.2) is 23.8 Å². The average Bonchev–Trinajstić information content (AvgIpc) is 3.70. The van der Waals surface area contributed by atoms with Gasteiger partial charge in [-0.1, -0.05) is 37.1 Å². The van der Waals surface area contributed by atoms with Gasteiger partial charge in [0.2, 0.25) is 0 Å². The van der Waals surface area contributed by atoms with E-state index in [2.05, 4.69) is 30.1 Å². The summed E-state index contributed by atoms with van der Waals surface area (Å²) >= 11 is 0. The van der Waals surface area contributed by atoms with E-state index in [1.165, 1.54) is 13.3 Å². The van der Waals surface area contributed by atoms with Crippen molar-refractivity contribution in [2.45, 2.75) is 115 Å². The fourth-order valence-corrected chi connectivity index (χ4v) is 12.7. The number of aliphatic hydroxyl groups is 2. The molecule has 14 atom stereocenters. The Bertz CT molecular complexity index is 1410. The van der Waals surface area contributed by atoms with Gasteiger partial charge in [0.05, 0.1) is 28.5 Å². The second kappa shape index (κ2) is 9.91. The summed E-state index contributed by atoms with van der Waals surface area (Å²) in [6.45, 7) is 11.9. The van der Waals surface area contributed by atoms with E-state index in [0.717, 1.165) is 31.5 Å². The van der Waals surface area contributed by atoms with Crippen LogP contribution in [0.2, 0.25) is 0 Å². The maximum atomic E-state index is 14.8. The second-order valence-corrected chi connectivity index (χ2v) is 17.0. The molecule has 0 aromatic carbocycles. The van der Waals surface area contributed by atoms with Gasteiger partial charge in [0.1, 0.15) is 18.3 Å². The number of fused-ring (bicyclic) bond motifs is 6. The van der Waals surface area contributed by atoms with Gasteiger partial charge in [-0.3, -0.25) is 14.4 Å². The minimum Gasteiger partial charge on any atom is -0.462 e. The quantitative estimate of drug-likeness (QED) is 0.269. The molecule has 0 aromatic heterocycles. The van der Waals surface area contributed by atoms with Crippen LogP contribution in [0, 0.1) is 51.8 Å². The highest BCUT2D eigenvalue weighted by Crippen LogP contribution is 2.80. The average molecular weight is 638 g/mol. The van der Waals surface area contributed by atoms with Crippen LogP contribution in [0.4, 0.5) is 0 Å². The minimum absolute atomic E-state index is 0.0705. The minimum atomic E-state index is -1.17. The van der Waals surface area contributed by atoms with Crippen molar-refractivity contribution in [3.05, 3.63) is 23.8 Å². The third-order valence-corrected chi connectivity index (χ3v) is 14.8. The summed E-state index contributed by atoms with van der Waals surface area (Å²) in [5.74, 6) is -2.54. The summed E-state index contributed by atoms with van der Waals surface area (Å²) in [6.07, 6.45) is 10.4. The number of carbonyl (C=O) groups is 3. The Morgan fingerprint density at radius 2 is 1.80 bits per heavy atom. The first-order valence-corrected chi connectivity index (χ1v) is 17.8. The van der Waals surface area contributed by atoms with Gasteiger partial charge in [0.25, 0.3) is 0 Å². The predicted octanol–water partition coefficient (Wildman–Crippen LogP) is 3.95. The lowest BCUT2D eigenvalue weighted by atomic mass is 9.54. The van der Waals surface area contributed by atoms with Gasteiger partial charge in [-0.05, 0) is 72.4 Å². The van der Waals surface area contributed by atoms with Crippen LogP contribution in [-0.4, -0.2) is 82.2 Å². The lowest BCUT2D eigenvalue weighted by Crippen LogP contribution is -2.53. The summed E-state index contributed by atoms with van der Waals surface area (Å²) in [4.78, 5) is 43.6. The number of hydrogen-bond donors (Lipinski definition) is 2. The molecule has 0 aromatic rings. The zero-order chi connectivity index (χ0) is 32.6. The van der Waals surface area contributed by atoms with Crippen molar-refractivity contribution in [3.63, 3.8) is 0 Å². The first-order valence-electron chi connectivity index (χ1n) is 17.8.